The minimum absolute atomic E-state index is 0.0898. The Kier molecular flexibility index (Phi) is 4.51. The number of imidazole rings is 2. The van der Waals surface area contributed by atoms with Crippen LogP contribution in [0.5, 0.6) is 0 Å². The van der Waals surface area contributed by atoms with E-state index < -0.39 is 11.2 Å². The molecule has 0 radical (unpaired) electrons. The molecule has 1 aromatic carbocycles. The van der Waals surface area contributed by atoms with Gasteiger partial charge in [0, 0.05) is 41.7 Å². The fraction of sp³-hybridized carbons (Fsp3) is 0.316. The lowest BCUT2D eigenvalue weighted by atomic mass is 10.3. The summed E-state index contributed by atoms with van der Waals surface area (Å²) in [4.78, 5) is 30.4. The van der Waals surface area contributed by atoms with Crippen LogP contribution >= 0.6 is 15.9 Å². The SMILES string of the molecule is Cc1c(C)n2c3c(=O)n(CCCO)c(=O)n(C)c3nc2n1-c1ccc(Br)cc1. The van der Waals surface area contributed by atoms with Gasteiger partial charge in [0.25, 0.3) is 5.56 Å². The van der Waals surface area contributed by atoms with Crippen molar-refractivity contribution < 1.29 is 5.11 Å². The number of aliphatic hydroxyl groups excluding tert-OH is 1. The van der Waals surface area contributed by atoms with Gasteiger partial charge >= 0.3 is 5.69 Å². The Balaban J connectivity index is 2.13. The fourth-order valence-electron chi connectivity index (χ4n) is 3.58. The molecule has 4 rings (SSSR count). The zero-order valence-electron chi connectivity index (χ0n) is 15.8. The van der Waals surface area contributed by atoms with Crippen molar-refractivity contribution in [1.29, 1.82) is 0 Å². The van der Waals surface area contributed by atoms with Crippen molar-refractivity contribution in [2.75, 3.05) is 6.61 Å². The molecule has 4 aromatic rings. The lowest BCUT2D eigenvalue weighted by Gasteiger charge is -2.08. The molecular weight excluding hydrogens is 426 g/mol. The number of hydrogen-bond acceptors (Lipinski definition) is 4. The molecule has 146 valence electrons. The summed E-state index contributed by atoms with van der Waals surface area (Å²) < 4.78 is 7.31. The van der Waals surface area contributed by atoms with Gasteiger partial charge in [-0.1, -0.05) is 15.9 Å². The number of aliphatic hydroxyl groups is 1. The number of hydrogen-bond donors (Lipinski definition) is 1. The highest BCUT2D eigenvalue weighted by Crippen LogP contribution is 2.25. The summed E-state index contributed by atoms with van der Waals surface area (Å²) in [5, 5.41) is 9.10. The number of rotatable bonds is 4. The zero-order valence-corrected chi connectivity index (χ0v) is 17.4. The van der Waals surface area contributed by atoms with Gasteiger partial charge < -0.3 is 5.11 Å². The number of nitrogens with zero attached hydrogens (tertiary/aromatic N) is 5. The molecular formula is C19H20BrN5O3. The molecule has 9 heteroatoms. The number of aromatic nitrogens is 5. The molecule has 1 N–H and O–H groups in total. The van der Waals surface area contributed by atoms with E-state index in [2.05, 4.69) is 20.9 Å². The highest BCUT2D eigenvalue weighted by molar-refractivity contribution is 9.10. The summed E-state index contributed by atoms with van der Waals surface area (Å²) in [6.45, 7) is 3.98. The van der Waals surface area contributed by atoms with Crippen LogP contribution in [-0.2, 0) is 13.6 Å². The Labute approximate surface area is 168 Å². The van der Waals surface area contributed by atoms with Gasteiger partial charge in [-0.05, 0) is 44.5 Å². The molecule has 28 heavy (non-hydrogen) atoms. The third kappa shape index (κ3) is 2.57. The Morgan fingerprint density at radius 1 is 1.11 bits per heavy atom. The highest BCUT2D eigenvalue weighted by Gasteiger charge is 2.23. The maximum absolute atomic E-state index is 13.1. The van der Waals surface area contributed by atoms with Crippen molar-refractivity contribution in [2.45, 2.75) is 26.8 Å². The lowest BCUT2D eigenvalue weighted by molar-refractivity contribution is 0.277. The van der Waals surface area contributed by atoms with Gasteiger partial charge in [-0.2, -0.15) is 4.98 Å². The monoisotopic (exact) mass is 445 g/mol. The average molecular weight is 446 g/mol. The van der Waals surface area contributed by atoms with E-state index in [1.54, 1.807) is 7.05 Å². The highest BCUT2D eigenvalue weighted by atomic mass is 79.9. The second kappa shape index (κ2) is 6.75. The maximum atomic E-state index is 13.1. The Morgan fingerprint density at radius 3 is 2.43 bits per heavy atom. The first-order valence-corrected chi connectivity index (χ1v) is 9.72. The summed E-state index contributed by atoms with van der Waals surface area (Å²) in [5.74, 6) is 0.583. The topological polar surface area (TPSA) is 86.5 Å². The van der Waals surface area contributed by atoms with E-state index in [0.29, 0.717) is 23.4 Å². The van der Waals surface area contributed by atoms with Gasteiger partial charge in [0.1, 0.15) is 0 Å². The quantitative estimate of drug-likeness (QED) is 0.519. The van der Waals surface area contributed by atoms with Crippen molar-refractivity contribution in [3.63, 3.8) is 0 Å². The first kappa shape index (κ1) is 18.7. The van der Waals surface area contributed by atoms with Crippen LogP contribution in [0.15, 0.2) is 38.3 Å². The standard InChI is InChI=1S/C19H20BrN5O3/c1-11-12(2)25-15-16(22(3)19(28)23(17(15)27)9-4-10-26)21-18(25)24(11)14-7-5-13(20)6-8-14/h5-8,26H,4,9-10H2,1-3H3. The lowest BCUT2D eigenvalue weighted by Crippen LogP contribution is -2.39. The van der Waals surface area contributed by atoms with Crippen LogP contribution in [0, 0.1) is 13.8 Å². The summed E-state index contributed by atoms with van der Waals surface area (Å²) in [6.07, 6.45) is 0.334. The Bertz CT molecular complexity index is 1320. The van der Waals surface area contributed by atoms with Gasteiger partial charge in [0.05, 0.1) is 0 Å². The van der Waals surface area contributed by atoms with Crippen LogP contribution < -0.4 is 11.2 Å². The van der Waals surface area contributed by atoms with E-state index in [9.17, 15) is 9.59 Å². The number of halogens is 1. The summed E-state index contributed by atoms with van der Waals surface area (Å²) in [6, 6.07) is 7.82. The smallest absolute Gasteiger partial charge is 0.332 e. The third-order valence-corrected chi connectivity index (χ3v) is 5.67. The molecule has 0 aliphatic carbocycles. The van der Waals surface area contributed by atoms with Crippen LogP contribution in [0.1, 0.15) is 17.8 Å². The van der Waals surface area contributed by atoms with Gasteiger partial charge in [-0.15, -0.1) is 0 Å². The molecule has 0 amide bonds. The van der Waals surface area contributed by atoms with Crippen LogP contribution in [0.3, 0.4) is 0 Å². The zero-order chi connectivity index (χ0) is 20.2. The number of benzene rings is 1. The van der Waals surface area contributed by atoms with E-state index in [-0.39, 0.29) is 13.2 Å². The van der Waals surface area contributed by atoms with Crippen molar-refractivity contribution in [3.05, 3.63) is 61.0 Å². The third-order valence-electron chi connectivity index (χ3n) is 5.14. The van der Waals surface area contributed by atoms with E-state index in [1.807, 2.05) is 47.1 Å². The molecule has 0 atom stereocenters. The second-order valence-corrected chi connectivity index (χ2v) is 7.69. The van der Waals surface area contributed by atoms with Crippen LogP contribution in [0.2, 0.25) is 0 Å². The molecule has 0 aliphatic rings. The van der Waals surface area contributed by atoms with Crippen LogP contribution in [0.25, 0.3) is 22.6 Å². The maximum Gasteiger partial charge on any atom is 0.332 e. The largest absolute Gasteiger partial charge is 0.396 e. The predicted molar refractivity (Wildman–Crippen MR) is 110 cm³/mol. The fourth-order valence-corrected chi connectivity index (χ4v) is 3.84. The van der Waals surface area contributed by atoms with Gasteiger partial charge in [-0.25, -0.2) is 4.79 Å². The molecule has 0 saturated carbocycles. The second-order valence-electron chi connectivity index (χ2n) is 6.78. The van der Waals surface area contributed by atoms with Gasteiger partial charge in [0.15, 0.2) is 11.2 Å². The predicted octanol–water partition coefficient (Wildman–Crippen LogP) is 1.90. The van der Waals surface area contributed by atoms with Crippen LogP contribution in [0.4, 0.5) is 0 Å². The molecule has 0 unspecified atom stereocenters. The molecule has 0 saturated heterocycles. The first-order chi connectivity index (χ1) is 13.4. The van der Waals surface area contributed by atoms with Crippen molar-refractivity contribution in [1.82, 2.24) is 23.1 Å². The Morgan fingerprint density at radius 2 is 1.79 bits per heavy atom. The van der Waals surface area contributed by atoms with Crippen LogP contribution in [-0.4, -0.2) is 34.8 Å². The molecule has 0 spiro atoms. The van der Waals surface area contributed by atoms with E-state index in [1.165, 1.54) is 9.13 Å². The molecule has 0 aliphatic heterocycles. The number of fused-ring (bicyclic) bond motifs is 3. The first-order valence-electron chi connectivity index (χ1n) is 8.93. The Hall–Kier alpha value is -2.65. The summed E-state index contributed by atoms with van der Waals surface area (Å²) in [5.41, 5.74) is 2.64. The summed E-state index contributed by atoms with van der Waals surface area (Å²) >= 11 is 3.45. The molecule has 0 fully saturated rings. The van der Waals surface area contributed by atoms with E-state index >= 15 is 0 Å². The van der Waals surface area contributed by atoms with Crippen molar-refractivity contribution in [3.8, 4) is 5.69 Å². The van der Waals surface area contributed by atoms with Gasteiger partial charge in [-0.3, -0.25) is 22.9 Å². The van der Waals surface area contributed by atoms with E-state index in [0.717, 1.165) is 21.5 Å². The minimum atomic E-state index is -0.434. The minimum Gasteiger partial charge on any atom is -0.396 e. The van der Waals surface area contributed by atoms with Crippen molar-refractivity contribution in [2.24, 2.45) is 7.05 Å². The van der Waals surface area contributed by atoms with Crippen molar-refractivity contribution >= 4 is 32.9 Å². The molecule has 3 heterocycles. The summed E-state index contributed by atoms with van der Waals surface area (Å²) in [7, 11) is 1.61. The average Bonchev–Trinajstić information content (AvgIpc) is 3.17. The molecule has 8 nitrogen and oxygen atoms in total. The number of aryl methyl sites for hydroxylation is 2. The molecule has 0 bridgehead atoms. The van der Waals surface area contributed by atoms with Gasteiger partial charge in [0.2, 0.25) is 5.78 Å². The van der Waals surface area contributed by atoms with E-state index in [4.69, 9.17) is 5.11 Å². The molecule has 3 aromatic heterocycles. The normalized spacial score (nSPS) is 11.8.